The lowest BCUT2D eigenvalue weighted by Gasteiger charge is -2.23. The molecule has 0 spiro atoms. The Balaban J connectivity index is 2.35. The van der Waals surface area contributed by atoms with Crippen molar-refractivity contribution in [1.29, 1.82) is 0 Å². The van der Waals surface area contributed by atoms with Gasteiger partial charge < -0.3 is 14.4 Å². The predicted molar refractivity (Wildman–Crippen MR) is 85.7 cm³/mol. The lowest BCUT2D eigenvalue weighted by molar-refractivity contribution is -0.116. The quantitative estimate of drug-likeness (QED) is 0.768. The molecule has 0 unspecified atom stereocenters. The van der Waals surface area contributed by atoms with Crippen LogP contribution in [-0.2, 0) is 11.3 Å². The van der Waals surface area contributed by atoms with Gasteiger partial charge in [0, 0.05) is 24.1 Å². The van der Waals surface area contributed by atoms with Crippen LogP contribution >= 0.6 is 11.6 Å². The van der Waals surface area contributed by atoms with Gasteiger partial charge in [0.2, 0.25) is 5.91 Å². The number of halogens is 1. The fraction of sp³-hybridized carbons (Fsp3) is 0.250. The highest BCUT2D eigenvalue weighted by Gasteiger charge is 2.17. The van der Waals surface area contributed by atoms with Gasteiger partial charge in [-0.15, -0.1) is 11.6 Å². The van der Waals surface area contributed by atoms with Crippen LogP contribution in [0, 0.1) is 0 Å². The first-order chi connectivity index (χ1) is 10.7. The van der Waals surface area contributed by atoms with E-state index >= 15 is 0 Å². The molecule has 1 heterocycles. The molecule has 0 bridgehead atoms. The monoisotopic (exact) mass is 320 g/mol. The summed E-state index contributed by atoms with van der Waals surface area (Å²) in [5.41, 5.74) is 1.60. The van der Waals surface area contributed by atoms with E-state index < -0.39 is 0 Å². The van der Waals surface area contributed by atoms with Gasteiger partial charge in [0.25, 0.3) is 0 Å². The molecule has 0 atom stereocenters. The summed E-state index contributed by atoms with van der Waals surface area (Å²) in [6.45, 7) is 0.384. The molecule has 0 aliphatic rings. The molecular weight excluding hydrogens is 304 g/mol. The Kier molecular flexibility index (Phi) is 5.61. The maximum absolute atomic E-state index is 12.2. The minimum Gasteiger partial charge on any atom is -0.493 e. The minimum absolute atomic E-state index is 0.103. The van der Waals surface area contributed by atoms with Crippen LogP contribution in [0.3, 0.4) is 0 Å². The van der Waals surface area contributed by atoms with Crippen LogP contribution in [0.2, 0.25) is 0 Å². The third-order valence-electron chi connectivity index (χ3n) is 3.16. The predicted octanol–water partition coefficient (Wildman–Crippen LogP) is 2.87. The van der Waals surface area contributed by atoms with Crippen LogP contribution in [-0.4, -0.2) is 31.0 Å². The smallest absolute Gasteiger partial charge is 0.242 e. The first-order valence-electron chi connectivity index (χ1n) is 6.67. The van der Waals surface area contributed by atoms with E-state index in [1.54, 1.807) is 49.7 Å². The van der Waals surface area contributed by atoms with Crippen LogP contribution < -0.4 is 14.4 Å². The Hall–Kier alpha value is -2.27. The minimum atomic E-state index is -0.197. The van der Waals surface area contributed by atoms with Crippen molar-refractivity contribution < 1.29 is 14.3 Å². The van der Waals surface area contributed by atoms with Crippen molar-refractivity contribution in [2.75, 3.05) is 25.0 Å². The molecule has 1 aromatic carbocycles. The number of hydrogen-bond donors (Lipinski definition) is 0. The zero-order valence-corrected chi connectivity index (χ0v) is 13.2. The number of alkyl halides is 1. The lowest BCUT2D eigenvalue weighted by atomic mass is 10.2. The number of pyridine rings is 1. The SMILES string of the molecule is COc1ccc(N(Cc2cccnc2)C(=O)CCl)cc1OC. The standard InChI is InChI=1S/C16H17ClN2O3/c1-21-14-6-5-13(8-15(14)22-2)19(16(20)9-17)11-12-4-3-7-18-10-12/h3-8,10H,9,11H2,1-2H3. The Morgan fingerprint density at radius 3 is 2.59 bits per heavy atom. The number of carbonyl (C=O) groups excluding carboxylic acids is 1. The summed E-state index contributed by atoms with van der Waals surface area (Å²) in [5, 5.41) is 0. The normalized spacial score (nSPS) is 10.1. The van der Waals surface area contributed by atoms with Gasteiger partial charge in [-0.25, -0.2) is 0 Å². The molecule has 2 rings (SSSR count). The van der Waals surface area contributed by atoms with Gasteiger partial charge in [0.1, 0.15) is 5.88 Å². The summed E-state index contributed by atoms with van der Waals surface area (Å²) in [4.78, 5) is 17.8. The van der Waals surface area contributed by atoms with Crippen molar-refractivity contribution >= 4 is 23.2 Å². The van der Waals surface area contributed by atoms with Gasteiger partial charge in [-0.3, -0.25) is 9.78 Å². The topological polar surface area (TPSA) is 51.7 Å². The molecule has 0 aliphatic heterocycles. The van der Waals surface area contributed by atoms with E-state index in [1.807, 2.05) is 12.1 Å². The Morgan fingerprint density at radius 2 is 2.00 bits per heavy atom. The molecule has 5 nitrogen and oxygen atoms in total. The Bertz CT molecular complexity index is 635. The number of methoxy groups -OCH3 is 2. The number of carbonyl (C=O) groups is 1. The third-order valence-corrected chi connectivity index (χ3v) is 3.39. The largest absolute Gasteiger partial charge is 0.493 e. The molecule has 0 saturated carbocycles. The molecule has 0 aliphatic carbocycles. The highest BCUT2D eigenvalue weighted by molar-refractivity contribution is 6.29. The number of amides is 1. The number of ether oxygens (including phenoxy) is 2. The van der Waals surface area contributed by atoms with Crippen LogP contribution in [0.15, 0.2) is 42.7 Å². The number of aromatic nitrogens is 1. The maximum Gasteiger partial charge on any atom is 0.242 e. The molecule has 1 amide bonds. The van der Waals surface area contributed by atoms with Crippen molar-refractivity contribution in [2.24, 2.45) is 0 Å². The number of nitrogens with zero attached hydrogens (tertiary/aromatic N) is 2. The third kappa shape index (κ3) is 3.68. The molecule has 116 valence electrons. The molecule has 22 heavy (non-hydrogen) atoms. The van der Waals surface area contributed by atoms with E-state index in [2.05, 4.69) is 4.98 Å². The molecule has 0 fully saturated rings. The molecule has 0 N–H and O–H groups in total. The fourth-order valence-corrected chi connectivity index (χ4v) is 2.21. The van der Waals surface area contributed by atoms with Gasteiger partial charge in [-0.05, 0) is 23.8 Å². The average molecular weight is 321 g/mol. The summed E-state index contributed by atoms with van der Waals surface area (Å²) >= 11 is 5.73. The number of benzene rings is 1. The zero-order chi connectivity index (χ0) is 15.9. The van der Waals surface area contributed by atoms with Crippen molar-refractivity contribution in [3.63, 3.8) is 0 Å². The molecular formula is C16H17ClN2O3. The second-order valence-electron chi connectivity index (χ2n) is 4.51. The average Bonchev–Trinajstić information content (AvgIpc) is 2.59. The van der Waals surface area contributed by atoms with Gasteiger partial charge in [0.15, 0.2) is 11.5 Å². The van der Waals surface area contributed by atoms with E-state index in [0.29, 0.717) is 23.7 Å². The van der Waals surface area contributed by atoms with Crippen molar-refractivity contribution in [3.05, 3.63) is 48.3 Å². The molecule has 6 heteroatoms. The van der Waals surface area contributed by atoms with E-state index in [1.165, 1.54) is 0 Å². The molecule has 0 saturated heterocycles. The van der Waals surface area contributed by atoms with E-state index in [-0.39, 0.29) is 11.8 Å². The highest BCUT2D eigenvalue weighted by atomic mass is 35.5. The maximum atomic E-state index is 12.2. The second kappa shape index (κ2) is 7.66. The molecule has 2 aromatic rings. The van der Waals surface area contributed by atoms with Crippen LogP contribution in [0.25, 0.3) is 0 Å². The summed E-state index contributed by atoms with van der Waals surface area (Å²) in [7, 11) is 3.12. The van der Waals surface area contributed by atoms with Gasteiger partial charge in [-0.1, -0.05) is 6.07 Å². The van der Waals surface area contributed by atoms with Crippen molar-refractivity contribution in [3.8, 4) is 11.5 Å². The summed E-state index contributed by atoms with van der Waals surface area (Å²) in [6.07, 6.45) is 3.41. The van der Waals surface area contributed by atoms with Crippen LogP contribution in [0.5, 0.6) is 11.5 Å². The van der Waals surface area contributed by atoms with Gasteiger partial charge in [-0.2, -0.15) is 0 Å². The number of hydrogen-bond acceptors (Lipinski definition) is 4. The second-order valence-corrected chi connectivity index (χ2v) is 4.78. The van der Waals surface area contributed by atoms with Gasteiger partial charge >= 0.3 is 0 Å². The molecule has 1 aromatic heterocycles. The first kappa shape index (κ1) is 16.1. The van der Waals surface area contributed by atoms with Crippen molar-refractivity contribution in [2.45, 2.75) is 6.54 Å². The molecule has 0 radical (unpaired) electrons. The van der Waals surface area contributed by atoms with E-state index in [4.69, 9.17) is 21.1 Å². The number of rotatable bonds is 6. The number of anilines is 1. The summed E-state index contributed by atoms with van der Waals surface area (Å²) < 4.78 is 10.5. The van der Waals surface area contributed by atoms with E-state index in [9.17, 15) is 4.79 Å². The lowest BCUT2D eigenvalue weighted by Crippen LogP contribution is -2.31. The van der Waals surface area contributed by atoms with Gasteiger partial charge in [0.05, 0.1) is 20.8 Å². The first-order valence-corrected chi connectivity index (χ1v) is 7.20. The van der Waals surface area contributed by atoms with E-state index in [0.717, 1.165) is 5.56 Å². The zero-order valence-electron chi connectivity index (χ0n) is 12.5. The summed E-state index contributed by atoms with van der Waals surface area (Å²) in [6, 6.07) is 9.03. The summed E-state index contributed by atoms with van der Waals surface area (Å²) in [5.74, 6) is 0.858. The Morgan fingerprint density at radius 1 is 1.23 bits per heavy atom. The van der Waals surface area contributed by atoms with Crippen LogP contribution in [0.1, 0.15) is 5.56 Å². The van der Waals surface area contributed by atoms with Crippen LogP contribution in [0.4, 0.5) is 5.69 Å². The highest BCUT2D eigenvalue weighted by Crippen LogP contribution is 2.32. The Labute approximate surface area is 134 Å². The fourth-order valence-electron chi connectivity index (χ4n) is 2.06. The van der Waals surface area contributed by atoms with Crippen molar-refractivity contribution in [1.82, 2.24) is 4.98 Å².